The molecule has 2 rings (SSSR count). The minimum Gasteiger partial charge on any atom is -0.269 e. The van der Waals surface area contributed by atoms with Gasteiger partial charge in [-0.3, -0.25) is 13.9 Å². The molecular weight excluding hydrogens is 235 g/mol. The molecule has 18 heavy (non-hydrogen) atoms. The summed E-state index contributed by atoms with van der Waals surface area (Å²) in [5, 5.41) is 0. The third-order valence-corrected chi connectivity index (χ3v) is 2.64. The van der Waals surface area contributed by atoms with Gasteiger partial charge in [-0.25, -0.2) is 9.18 Å². The van der Waals surface area contributed by atoms with Crippen molar-refractivity contribution in [1.82, 2.24) is 9.13 Å². The Morgan fingerprint density at radius 1 is 1.06 bits per heavy atom. The summed E-state index contributed by atoms with van der Waals surface area (Å²) in [7, 11) is 0. The van der Waals surface area contributed by atoms with Crippen molar-refractivity contribution >= 4 is 0 Å². The van der Waals surface area contributed by atoms with Crippen LogP contribution in [0.1, 0.15) is 19.9 Å². The zero-order chi connectivity index (χ0) is 13.3. The SMILES string of the molecule is CC(C)n1c(=O)ccn(-c2ccc(F)cc2)c1=O. The molecule has 1 aromatic heterocycles. The molecule has 0 aliphatic rings. The summed E-state index contributed by atoms with van der Waals surface area (Å²) in [5.74, 6) is -0.371. The first-order chi connectivity index (χ1) is 8.50. The molecule has 0 amide bonds. The lowest BCUT2D eigenvalue weighted by Gasteiger charge is -2.12. The van der Waals surface area contributed by atoms with E-state index in [0.717, 1.165) is 4.57 Å². The number of halogens is 1. The fourth-order valence-corrected chi connectivity index (χ4v) is 1.77. The molecule has 0 N–H and O–H groups in total. The molecule has 0 aliphatic heterocycles. The summed E-state index contributed by atoms with van der Waals surface area (Å²) in [6.45, 7) is 3.52. The predicted octanol–water partition coefficient (Wildman–Crippen LogP) is 1.72. The van der Waals surface area contributed by atoms with Gasteiger partial charge in [0.05, 0.1) is 5.69 Å². The molecule has 2 aromatic rings. The summed E-state index contributed by atoms with van der Waals surface area (Å²) < 4.78 is 15.3. The molecule has 0 fully saturated rings. The molecule has 1 aromatic carbocycles. The molecule has 4 nitrogen and oxygen atoms in total. The molecule has 5 heteroatoms. The van der Waals surface area contributed by atoms with Crippen LogP contribution < -0.4 is 11.2 Å². The van der Waals surface area contributed by atoms with E-state index in [-0.39, 0.29) is 17.4 Å². The Kier molecular flexibility index (Phi) is 3.14. The van der Waals surface area contributed by atoms with Crippen LogP contribution in [-0.2, 0) is 0 Å². The fraction of sp³-hybridized carbons (Fsp3) is 0.231. The average Bonchev–Trinajstić information content (AvgIpc) is 2.30. The molecule has 0 bridgehead atoms. The third kappa shape index (κ3) is 2.11. The van der Waals surface area contributed by atoms with Gasteiger partial charge in [-0.2, -0.15) is 0 Å². The second-order valence-corrected chi connectivity index (χ2v) is 4.25. The first kappa shape index (κ1) is 12.3. The smallest absolute Gasteiger partial charge is 0.269 e. The fourth-order valence-electron chi connectivity index (χ4n) is 1.77. The molecule has 94 valence electrons. The van der Waals surface area contributed by atoms with E-state index in [1.165, 1.54) is 41.1 Å². The van der Waals surface area contributed by atoms with Crippen molar-refractivity contribution in [3.63, 3.8) is 0 Å². The van der Waals surface area contributed by atoms with Crippen LogP contribution in [0.4, 0.5) is 4.39 Å². The van der Waals surface area contributed by atoms with E-state index in [4.69, 9.17) is 0 Å². The van der Waals surface area contributed by atoms with Crippen LogP contribution in [0.2, 0.25) is 0 Å². The second-order valence-electron chi connectivity index (χ2n) is 4.25. The lowest BCUT2D eigenvalue weighted by atomic mass is 10.3. The van der Waals surface area contributed by atoms with Gasteiger partial charge in [-0.05, 0) is 38.1 Å². The standard InChI is InChI=1S/C13H13FN2O2/c1-9(2)16-12(17)7-8-15(13(16)18)11-5-3-10(14)4-6-11/h3-9H,1-2H3. The number of rotatable bonds is 2. The van der Waals surface area contributed by atoms with E-state index in [2.05, 4.69) is 0 Å². The monoisotopic (exact) mass is 248 g/mol. The highest BCUT2D eigenvalue weighted by Gasteiger charge is 2.09. The van der Waals surface area contributed by atoms with Crippen molar-refractivity contribution in [2.45, 2.75) is 19.9 Å². The zero-order valence-electron chi connectivity index (χ0n) is 10.1. The van der Waals surface area contributed by atoms with Crippen molar-refractivity contribution < 1.29 is 4.39 Å². The lowest BCUT2D eigenvalue weighted by Crippen LogP contribution is -2.39. The summed E-state index contributed by atoms with van der Waals surface area (Å²) in [6.07, 6.45) is 1.40. The predicted molar refractivity (Wildman–Crippen MR) is 66.6 cm³/mol. The van der Waals surface area contributed by atoms with Crippen molar-refractivity contribution in [2.75, 3.05) is 0 Å². The van der Waals surface area contributed by atoms with Gasteiger partial charge >= 0.3 is 5.69 Å². The maximum atomic E-state index is 12.8. The molecule has 0 aliphatic carbocycles. The van der Waals surface area contributed by atoms with E-state index in [9.17, 15) is 14.0 Å². The van der Waals surface area contributed by atoms with Crippen molar-refractivity contribution in [3.05, 3.63) is 63.2 Å². The number of benzene rings is 1. The highest BCUT2D eigenvalue weighted by molar-refractivity contribution is 5.31. The summed E-state index contributed by atoms with van der Waals surface area (Å²) in [5.41, 5.74) is -0.242. The van der Waals surface area contributed by atoms with Crippen LogP contribution >= 0.6 is 0 Å². The highest BCUT2D eigenvalue weighted by Crippen LogP contribution is 2.06. The number of hydrogen-bond acceptors (Lipinski definition) is 2. The Hall–Kier alpha value is -2.17. The quantitative estimate of drug-likeness (QED) is 0.812. The Balaban J connectivity index is 2.67. The zero-order valence-corrected chi connectivity index (χ0v) is 10.1. The molecular formula is C13H13FN2O2. The van der Waals surface area contributed by atoms with E-state index in [1.54, 1.807) is 13.8 Å². The van der Waals surface area contributed by atoms with Gasteiger partial charge in [0.25, 0.3) is 5.56 Å². The molecule has 0 saturated carbocycles. The van der Waals surface area contributed by atoms with Gasteiger partial charge in [0.1, 0.15) is 5.82 Å². The maximum absolute atomic E-state index is 12.8. The van der Waals surface area contributed by atoms with Gasteiger partial charge in [-0.1, -0.05) is 0 Å². The Morgan fingerprint density at radius 3 is 2.22 bits per heavy atom. The topological polar surface area (TPSA) is 44.0 Å². The second kappa shape index (κ2) is 4.60. The van der Waals surface area contributed by atoms with Crippen LogP contribution in [0.3, 0.4) is 0 Å². The van der Waals surface area contributed by atoms with Gasteiger partial charge in [0.15, 0.2) is 0 Å². The summed E-state index contributed by atoms with van der Waals surface area (Å²) >= 11 is 0. The average molecular weight is 248 g/mol. The lowest BCUT2D eigenvalue weighted by molar-refractivity contribution is 0.533. The van der Waals surface area contributed by atoms with Crippen molar-refractivity contribution in [1.29, 1.82) is 0 Å². The van der Waals surface area contributed by atoms with Crippen molar-refractivity contribution in [3.8, 4) is 5.69 Å². The first-order valence-electron chi connectivity index (χ1n) is 5.61. The minimum atomic E-state index is -0.427. The van der Waals surface area contributed by atoms with Crippen LogP contribution in [-0.4, -0.2) is 9.13 Å². The third-order valence-electron chi connectivity index (χ3n) is 2.64. The Labute approximate surface area is 103 Å². The molecule has 0 atom stereocenters. The van der Waals surface area contributed by atoms with Crippen LogP contribution in [0.15, 0.2) is 46.1 Å². The van der Waals surface area contributed by atoms with E-state index < -0.39 is 5.69 Å². The largest absolute Gasteiger partial charge is 0.335 e. The molecule has 0 spiro atoms. The number of hydrogen-bond donors (Lipinski definition) is 0. The van der Waals surface area contributed by atoms with Crippen LogP contribution in [0.5, 0.6) is 0 Å². The molecule has 0 unspecified atom stereocenters. The van der Waals surface area contributed by atoms with E-state index >= 15 is 0 Å². The Bertz CT molecular complexity index is 669. The van der Waals surface area contributed by atoms with E-state index in [1.807, 2.05) is 0 Å². The van der Waals surface area contributed by atoms with Crippen LogP contribution in [0.25, 0.3) is 5.69 Å². The minimum absolute atomic E-state index is 0.224. The summed E-state index contributed by atoms with van der Waals surface area (Å²) in [6, 6.07) is 6.62. The van der Waals surface area contributed by atoms with Gasteiger partial charge in [0.2, 0.25) is 0 Å². The maximum Gasteiger partial charge on any atom is 0.335 e. The van der Waals surface area contributed by atoms with Gasteiger partial charge < -0.3 is 0 Å². The van der Waals surface area contributed by atoms with Gasteiger partial charge in [0, 0.05) is 18.3 Å². The van der Waals surface area contributed by atoms with Crippen LogP contribution in [0, 0.1) is 5.82 Å². The van der Waals surface area contributed by atoms with Gasteiger partial charge in [-0.15, -0.1) is 0 Å². The first-order valence-corrected chi connectivity index (χ1v) is 5.61. The molecule has 1 heterocycles. The Morgan fingerprint density at radius 2 is 1.67 bits per heavy atom. The van der Waals surface area contributed by atoms with E-state index in [0.29, 0.717) is 5.69 Å². The highest BCUT2D eigenvalue weighted by atomic mass is 19.1. The number of aromatic nitrogens is 2. The normalized spacial score (nSPS) is 10.9. The molecule has 0 radical (unpaired) electrons. The summed E-state index contributed by atoms with van der Waals surface area (Å²) in [4.78, 5) is 23.8. The number of nitrogens with zero attached hydrogens (tertiary/aromatic N) is 2. The molecule has 0 saturated heterocycles. The van der Waals surface area contributed by atoms with Crippen molar-refractivity contribution in [2.24, 2.45) is 0 Å².